The first-order chi connectivity index (χ1) is 22.6. The topological polar surface area (TPSA) is 114 Å². The molecule has 10 nitrogen and oxygen atoms in total. The molecule has 1 unspecified atom stereocenters. The van der Waals surface area contributed by atoms with Gasteiger partial charge in [0.15, 0.2) is 11.5 Å². The number of hydrogen-bond acceptors (Lipinski definition) is 7. The molecule has 254 valence electrons. The summed E-state index contributed by atoms with van der Waals surface area (Å²) in [6, 6.07) is 17.9. The minimum absolute atomic E-state index is 0.0624. The van der Waals surface area contributed by atoms with E-state index < -0.39 is 28.5 Å². The molecule has 11 heteroatoms. The Labute approximate surface area is 279 Å². The molecule has 2 amide bonds. The van der Waals surface area contributed by atoms with E-state index in [1.807, 2.05) is 45.0 Å². The maximum Gasteiger partial charge on any atom is 0.264 e. The number of carbonyl (C=O) groups excluding carboxylic acids is 2. The van der Waals surface area contributed by atoms with Gasteiger partial charge in [0.05, 0.1) is 31.4 Å². The van der Waals surface area contributed by atoms with E-state index >= 15 is 0 Å². The number of benzene rings is 3. The Kier molecular flexibility index (Phi) is 12.5. The lowest BCUT2D eigenvalue weighted by Crippen LogP contribution is -2.54. The lowest BCUT2D eigenvalue weighted by molar-refractivity contribution is -0.140. The molecule has 1 atom stereocenters. The number of nitrogens with zero attached hydrogens (tertiary/aromatic N) is 2. The van der Waals surface area contributed by atoms with E-state index in [4.69, 9.17) is 14.2 Å². The van der Waals surface area contributed by atoms with Crippen LogP contribution in [0.1, 0.15) is 63.5 Å². The molecule has 1 aliphatic rings. The van der Waals surface area contributed by atoms with Gasteiger partial charge in [-0.25, -0.2) is 8.42 Å². The molecule has 0 saturated heterocycles. The Morgan fingerprint density at radius 2 is 1.55 bits per heavy atom. The van der Waals surface area contributed by atoms with Gasteiger partial charge in [-0.2, -0.15) is 0 Å². The Balaban J connectivity index is 1.74. The molecule has 0 radical (unpaired) electrons. The zero-order valence-electron chi connectivity index (χ0n) is 28.0. The average molecular weight is 666 g/mol. The van der Waals surface area contributed by atoms with E-state index in [1.54, 1.807) is 24.3 Å². The van der Waals surface area contributed by atoms with E-state index in [0.29, 0.717) is 24.5 Å². The zero-order chi connectivity index (χ0) is 34.0. The second kappa shape index (κ2) is 16.5. The molecule has 4 rings (SSSR count). The number of hydrogen-bond donors (Lipinski definition) is 1. The first kappa shape index (κ1) is 35.6. The maximum absolute atomic E-state index is 14.4. The van der Waals surface area contributed by atoms with Crippen LogP contribution in [0.2, 0.25) is 0 Å². The van der Waals surface area contributed by atoms with Gasteiger partial charge in [-0.1, -0.05) is 56.0 Å². The van der Waals surface area contributed by atoms with Crippen LogP contribution in [-0.4, -0.2) is 64.6 Å². The van der Waals surface area contributed by atoms with Crippen molar-refractivity contribution in [3.63, 3.8) is 0 Å². The molecular weight excluding hydrogens is 618 g/mol. The highest BCUT2D eigenvalue weighted by molar-refractivity contribution is 7.92. The molecule has 1 fully saturated rings. The van der Waals surface area contributed by atoms with Crippen LogP contribution in [-0.2, 0) is 26.2 Å². The number of nitrogens with one attached hydrogen (secondary N) is 1. The van der Waals surface area contributed by atoms with Crippen LogP contribution in [0.3, 0.4) is 0 Å². The normalized spacial score (nSPS) is 14.1. The summed E-state index contributed by atoms with van der Waals surface area (Å²) in [7, 11) is -1.42. The second-order valence-electron chi connectivity index (χ2n) is 11.7. The number of ether oxygens (including phenoxy) is 3. The van der Waals surface area contributed by atoms with Gasteiger partial charge < -0.3 is 24.4 Å². The number of anilines is 1. The van der Waals surface area contributed by atoms with Crippen molar-refractivity contribution in [2.75, 3.05) is 31.7 Å². The highest BCUT2D eigenvalue weighted by Crippen LogP contribution is 2.33. The first-order valence-electron chi connectivity index (χ1n) is 16.2. The molecule has 1 N–H and O–H groups in total. The summed E-state index contributed by atoms with van der Waals surface area (Å²) in [6.45, 7) is 5.75. The van der Waals surface area contributed by atoms with E-state index in [0.717, 1.165) is 47.5 Å². The summed E-state index contributed by atoms with van der Waals surface area (Å²) in [4.78, 5) is 29.6. The summed E-state index contributed by atoms with van der Waals surface area (Å²) >= 11 is 0. The Morgan fingerprint density at radius 3 is 2.15 bits per heavy atom. The quantitative estimate of drug-likeness (QED) is 0.216. The smallest absolute Gasteiger partial charge is 0.264 e. The fourth-order valence-corrected chi connectivity index (χ4v) is 7.29. The van der Waals surface area contributed by atoms with E-state index in [2.05, 4.69) is 5.32 Å². The number of aryl methyl sites for hydroxylation is 1. The molecule has 47 heavy (non-hydrogen) atoms. The third-order valence-corrected chi connectivity index (χ3v) is 10.2. The first-order valence-corrected chi connectivity index (χ1v) is 17.7. The Hall–Kier alpha value is -4.25. The standard InChI is InChI=1S/C36H47N3O7S/c1-6-32(36(41)37-28-11-9-8-10-12-28)38(24-27-15-13-26(3)14-16-27)35(40)25-39(29-17-19-30(20-18-29)46-7-2)47(42,43)31-21-22-33(44-4)34(23-31)45-5/h13-23,28,32H,6-12,24-25H2,1-5H3,(H,37,41). The van der Waals surface area contributed by atoms with E-state index in [-0.39, 0.29) is 34.8 Å². The average Bonchev–Trinajstić information content (AvgIpc) is 3.08. The van der Waals surface area contributed by atoms with Gasteiger partial charge in [-0.15, -0.1) is 0 Å². The molecule has 0 aliphatic heterocycles. The fourth-order valence-electron chi connectivity index (χ4n) is 5.86. The van der Waals surface area contributed by atoms with Crippen LogP contribution < -0.4 is 23.8 Å². The van der Waals surface area contributed by atoms with E-state index in [9.17, 15) is 18.0 Å². The van der Waals surface area contributed by atoms with Crippen LogP contribution >= 0.6 is 0 Å². The molecule has 0 spiro atoms. The van der Waals surface area contributed by atoms with Crippen molar-refractivity contribution in [2.24, 2.45) is 0 Å². The predicted octanol–water partition coefficient (Wildman–Crippen LogP) is 5.86. The zero-order valence-corrected chi connectivity index (χ0v) is 28.8. The van der Waals surface area contributed by atoms with Gasteiger partial charge in [-0.3, -0.25) is 13.9 Å². The number of carbonyl (C=O) groups is 2. The summed E-state index contributed by atoms with van der Waals surface area (Å²) in [5.74, 6) is 0.439. The van der Waals surface area contributed by atoms with Crippen molar-refractivity contribution < 1.29 is 32.2 Å². The molecule has 0 aromatic heterocycles. The number of methoxy groups -OCH3 is 2. The largest absolute Gasteiger partial charge is 0.494 e. The molecule has 0 bridgehead atoms. The minimum Gasteiger partial charge on any atom is -0.494 e. The van der Waals surface area contributed by atoms with Crippen molar-refractivity contribution in [3.05, 3.63) is 77.9 Å². The summed E-state index contributed by atoms with van der Waals surface area (Å²) < 4.78 is 46.0. The van der Waals surface area contributed by atoms with Gasteiger partial charge in [0.2, 0.25) is 11.8 Å². The highest BCUT2D eigenvalue weighted by Gasteiger charge is 2.35. The molecular formula is C36H47N3O7S. The van der Waals surface area contributed by atoms with Gasteiger partial charge >= 0.3 is 0 Å². The summed E-state index contributed by atoms with van der Waals surface area (Å²) in [5, 5.41) is 3.18. The molecule has 3 aromatic rings. The van der Waals surface area contributed by atoms with Crippen LogP contribution in [0.15, 0.2) is 71.6 Å². The maximum atomic E-state index is 14.4. The van der Waals surface area contributed by atoms with Crippen LogP contribution in [0, 0.1) is 6.92 Å². The highest BCUT2D eigenvalue weighted by atomic mass is 32.2. The predicted molar refractivity (Wildman–Crippen MR) is 183 cm³/mol. The Morgan fingerprint density at radius 1 is 0.894 bits per heavy atom. The molecule has 3 aromatic carbocycles. The van der Waals surface area contributed by atoms with Crippen molar-refractivity contribution >= 4 is 27.5 Å². The monoisotopic (exact) mass is 665 g/mol. The SMILES string of the molecule is CCOc1ccc(N(CC(=O)N(Cc2ccc(C)cc2)C(CC)C(=O)NC2CCCCC2)S(=O)(=O)c2ccc(OC)c(OC)c2)cc1. The Bertz CT molecular complexity index is 1590. The minimum atomic E-state index is -4.31. The van der Waals surface area contributed by atoms with Crippen LogP contribution in [0.4, 0.5) is 5.69 Å². The number of rotatable bonds is 15. The third-order valence-electron chi connectivity index (χ3n) is 8.47. The molecule has 1 saturated carbocycles. The van der Waals surface area contributed by atoms with Crippen LogP contribution in [0.5, 0.6) is 17.2 Å². The lowest BCUT2D eigenvalue weighted by atomic mass is 9.95. The summed E-state index contributed by atoms with van der Waals surface area (Å²) in [5.41, 5.74) is 2.17. The van der Waals surface area contributed by atoms with Crippen molar-refractivity contribution in [3.8, 4) is 17.2 Å². The third kappa shape index (κ3) is 8.97. The second-order valence-corrected chi connectivity index (χ2v) is 13.6. The lowest BCUT2D eigenvalue weighted by Gasteiger charge is -2.34. The van der Waals surface area contributed by atoms with Gasteiger partial charge in [0, 0.05) is 18.7 Å². The van der Waals surface area contributed by atoms with Gasteiger partial charge in [0.1, 0.15) is 18.3 Å². The van der Waals surface area contributed by atoms with Gasteiger partial charge in [0.25, 0.3) is 10.0 Å². The van der Waals surface area contributed by atoms with Crippen molar-refractivity contribution in [1.29, 1.82) is 0 Å². The van der Waals surface area contributed by atoms with E-state index in [1.165, 1.54) is 37.3 Å². The summed E-state index contributed by atoms with van der Waals surface area (Å²) in [6.07, 6.45) is 5.43. The van der Waals surface area contributed by atoms with Crippen molar-refractivity contribution in [1.82, 2.24) is 10.2 Å². The molecule has 1 aliphatic carbocycles. The van der Waals surface area contributed by atoms with Crippen molar-refractivity contribution in [2.45, 2.75) is 82.8 Å². The fraction of sp³-hybridized carbons (Fsp3) is 0.444. The van der Waals surface area contributed by atoms with Gasteiger partial charge in [-0.05, 0) is 75.1 Å². The number of amides is 2. The number of sulfonamides is 1. The van der Waals surface area contributed by atoms with Crippen LogP contribution in [0.25, 0.3) is 0 Å². The molecule has 0 heterocycles.